The van der Waals surface area contributed by atoms with Gasteiger partial charge >= 0.3 is 6.03 Å². The summed E-state index contributed by atoms with van der Waals surface area (Å²) in [6, 6.07) is 7.12. The number of urea groups is 1. The molecule has 2 aromatic rings. The van der Waals surface area contributed by atoms with Crippen molar-refractivity contribution < 1.29 is 14.7 Å². The first-order valence-corrected chi connectivity index (χ1v) is 7.17. The second-order valence-corrected chi connectivity index (χ2v) is 5.73. The molecule has 7 heteroatoms. The molecule has 0 atom stereocenters. The van der Waals surface area contributed by atoms with Crippen LogP contribution in [0.1, 0.15) is 10.4 Å². The number of amides is 3. The van der Waals surface area contributed by atoms with Crippen molar-refractivity contribution in [1.29, 1.82) is 0 Å². The molecule has 1 aromatic carbocycles. The van der Waals surface area contributed by atoms with E-state index in [0.29, 0.717) is 21.2 Å². The maximum absolute atomic E-state index is 12.4. The van der Waals surface area contributed by atoms with Crippen LogP contribution in [0, 0.1) is 0 Å². The molecule has 5 nitrogen and oxygen atoms in total. The summed E-state index contributed by atoms with van der Waals surface area (Å²) in [5, 5.41) is 12.5. The Hall–Kier alpha value is -2.31. The van der Waals surface area contributed by atoms with Crippen LogP contribution in [0.25, 0.3) is 11.3 Å². The van der Waals surface area contributed by atoms with Crippen LogP contribution in [-0.4, -0.2) is 17.0 Å². The molecule has 0 saturated carbocycles. The number of hydrogen-bond donors (Lipinski definition) is 2. The van der Waals surface area contributed by atoms with E-state index < -0.39 is 11.9 Å². The Morgan fingerprint density at radius 2 is 2.10 bits per heavy atom. The van der Waals surface area contributed by atoms with E-state index in [1.54, 1.807) is 23.6 Å². The molecule has 0 fully saturated rings. The molecule has 1 aromatic heterocycles. The van der Waals surface area contributed by atoms with Gasteiger partial charge in [-0.1, -0.05) is 17.7 Å². The topological polar surface area (TPSA) is 83.6 Å². The van der Waals surface area contributed by atoms with Gasteiger partial charge in [0.05, 0.1) is 16.1 Å². The minimum Gasteiger partial charge on any atom is -0.506 e. The van der Waals surface area contributed by atoms with Gasteiger partial charge in [0.2, 0.25) is 0 Å². The number of nitrogens with two attached hydrogens (primary N) is 1. The number of halogens is 1. The number of carbonyl (C=O) groups is 2. The number of thiophene rings is 1. The molecule has 3 rings (SSSR count). The molecule has 106 valence electrons. The molecule has 0 radical (unpaired) electrons. The third-order valence-electron chi connectivity index (χ3n) is 3.10. The normalized spacial score (nSPS) is 16.0. The standard InChI is InChI=1S/C14H9ClN2O3S/c15-7-3-4-9-8(6-7)11(13(19)17(9)14(16)20)12(18)10-2-1-5-21-10/h1-6,18H,(H2,16,20)/b12-11+. The molecular formula is C14H9ClN2O3S. The fourth-order valence-electron chi connectivity index (χ4n) is 2.22. The lowest BCUT2D eigenvalue weighted by molar-refractivity contribution is -0.112. The van der Waals surface area contributed by atoms with Crippen LogP contribution in [-0.2, 0) is 4.79 Å². The summed E-state index contributed by atoms with van der Waals surface area (Å²) in [7, 11) is 0. The van der Waals surface area contributed by atoms with Crippen LogP contribution in [0.5, 0.6) is 0 Å². The number of hydrogen-bond acceptors (Lipinski definition) is 4. The van der Waals surface area contributed by atoms with Crippen molar-refractivity contribution in [3.05, 3.63) is 51.2 Å². The number of nitrogens with zero attached hydrogens (tertiary/aromatic N) is 1. The van der Waals surface area contributed by atoms with Crippen molar-refractivity contribution in [2.75, 3.05) is 4.90 Å². The fourth-order valence-corrected chi connectivity index (χ4v) is 3.07. The number of carbonyl (C=O) groups excluding carboxylic acids is 2. The number of aliphatic hydroxyl groups is 1. The van der Waals surface area contributed by atoms with E-state index in [1.165, 1.54) is 23.5 Å². The summed E-state index contributed by atoms with van der Waals surface area (Å²) >= 11 is 7.23. The van der Waals surface area contributed by atoms with E-state index in [9.17, 15) is 14.7 Å². The van der Waals surface area contributed by atoms with Crippen molar-refractivity contribution in [3.63, 3.8) is 0 Å². The summed E-state index contributed by atoms with van der Waals surface area (Å²) in [4.78, 5) is 25.3. The minimum absolute atomic E-state index is 0.0220. The molecule has 1 aliphatic rings. The highest BCUT2D eigenvalue weighted by molar-refractivity contribution is 7.11. The number of aliphatic hydroxyl groups excluding tert-OH is 1. The first-order valence-electron chi connectivity index (χ1n) is 5.91. The molecule has 0 saturated heterocycles. The van der Waals surface area contributed by atoms with E-state index in [1.807, 2.05) is 0 Å². The third-order valence-corrected chi connectivity index (χ3v) is 4.21. The number of benzene rings is 1. The van der Waals surface area contributed by atoms with E-state index in [-0.39, 0.29) is 11.3 Å². The number of anilines is 1. The Kier molecular flexibility index (Phi) is 3.19. The summed E-state index contributed by atoms with van der Waals surface area (Å²) in [5.74, 6) is -0.854. The van der Waals surface area contributed by atoms with Crippen LogP contribution in [0.15, 0.2) is 35.7 Å². The van der Waals surface area contributed by atoms with Gasteiger partial charge in [-0.3, -0.25) is 4.79 Å². The van der Waals surface area contributed by atoms with Gasteiger partial charge in [0.25, 0.3) is 5.91 Å². The summed E-state index contributed by atoms with van der Waals surface area (Å²) < 4.78 is 0. The molecule has 3 amide bonds. The lowest BCUT2D eigenvalue weighted by Gasteiger charge is -2.11. The zero-order valence-electron chi connectivity index (χ0n) is 10.5. The van der Waals surface area contributed by atoms with Gasteiger partial charge in [-0.15, -0.1) is 11.3 Å². The van der Waals surface area contributed by atoms with Crippen molar-refractivity contribution in [2.24, 2.45) is 5.73 Å². The predicted molar refractivity (Wildman–Crippen MR) is 82.3 cm³/mol. The SMILES string of the molecule is NC(=O)N1C(=O)/C(=C(/O)c2cccs2)c2cc(Cl)ccc21. The van der Waals surface area contributed by atoms with E-state index in [0.717, 1.165) is 4.90 Å². The Labute approximate surface area is 128 Å². The second-order valence-electron chi connectivity index (χ2n) is 4.34. The van der Waals surface area contributed by atoms with Crippen LogP contribution in [0.3, 0.4) is 0 Å². The number of rotatable bonds is 1. The summed E-state index contributed by atoms with van der Waals surface area (Å²) in [6.07, 6.45) is 0. The quantitative estimate of drug-likeness (QED) is 0.625. The van der Waals surface area contributed by atoms with Crippen molar-refractivity contribution in [1.82, 2.24) is 0 Å². The Balaban J connectivity index is 2.29. The predicted octanol–water partition coefficient (Wildman–Crippen LogP) is 3.25. The van der Waals surface area contributed by atoms with Crippen LogP contribution in [0.2, 0.25) is 5.02 Å². The monoisotopic (exact) mass is 320 g/mol. The average Bonchev–Trinajstić information content (AvgIpc) is 3.03. The fraction of sp³-hybridized carbons (Fsp3) is 0. The van der Waals surface area contributed by atoms with Gasteiger partial charge in [-0.2, -0.15) is 0 Å². The average molecular weight is 321 g/mol. The molecule has 0 spiro atoms. The van der Waals surface area contributed by atoms with E-state index in [4.69, 9.17) is 17.3 Å². The number of imide groups is 1. The highest BCUT2D eigenvalue weighted by Gasteiger charge is 2.38. The lowest BCUT2D eigenvalue weighted by Crippen LogP contribution is -2.37. The second kappa shape index (κ2) is 4.91. The Bertz CT molecular complexity index is 784. The molecule has 0 bridgehead atoms. The molecule has 2 heterocycles. The number of fused-ring (bicyclic) bond motifs is 1. The van der Waals surface area contributed by atoms with Crippen molar-refractivity contribution in [2.45, 2.75) is 0 Å². The lowest BCUT2D eigenvalue weighted by atomic mass is 10.1. The van der Waals surface area contributed by atoms with E-state index in [2.05, 4.69) is 0 Å². The smallest absolute Gasteiger partial charge is 0.326 e. The van der Waals surface area contributed by atoms with E-state index >= 15 is 0 Å². The van der Waals surface area contributed by atoms with Crippen LogP contribution in [0.4, 0.5) is 10.5 Å². The molecule has 1 aliphatic heterocycles. The van der Waals surface area contributed by atoms with Gasteiger partial charge in [-0.25, -0.2) is 9.69 Å². The van der Waals surface area contributed by atoms with Gasteiger partial charge in [0.1, 0.15) is 5.76 Å². The van der Waals surface area contributed by atoms with Gasteiger partial charge in [-0.05, 0) is 29.6 Å². The van der Waals surface area contributed by atoms with Gasteiger partial charge < -0.3 is 10.8 Å². The largest absolute Gasteiger partial charge is 0.506 e. The molecule has 0 aliphatic carbocycles. The van der Waals surface area contributed by atoms with Gasteiger partial charge in [0.15, 0.2) is 0 Å². The zero-order chi connectivity index (χ0) is 15.1. The zero-order valence-corrected chi connectivity index (χ0v) is 12.1. The highest BCUT2D eigenvalue weighted by Crippen LogP contribution is 2.41. The molecular weight excluding hydrogens is 312 g/mol. The van der Waals surface area contributed by atoms with Gasteiger partial charge in [0, 0.05) is 10.6 Å². The molecule has 0 unspecified atom stereocenters. The van der Waals surface area contributed by atoms with Crippen LogP contribution >= 0.6 is 22.9 Å². The highest BCUT2D eigenvalue weighted by atomic mass is 35.5. The Morgan fingerprint density at radius 1 is 1.33 bits per heavy atom. The third kappa shape index (κ3) is 2.09. The maximum atomic E-state index is 12.4. The van der Waals surface area contributed by atoms with Crippen molar-refractivity contribution in [3.8, 4) is 0 Å². The minimum atomic E-state index is -0.905. The molecule has 3 N–H and O–H groups in total. The first-order chi connectivity index (χ1) is 10.0. The Morgan fingerprint density at radius 3 is 2.71 bits per heavy atom. The summed E-state index contributed by atoms with van der Waals surface area (Å²) in [5.41, 5.74) is 5.98. The number of primary amides is 1. The van der Waals surface area contributed by atoms with Crippen LogP contribution < -0.4 is 10.6 Å². The maximum Gasteiger partial charge on any atom is 0.326 e. The first kappa shape index (κ1) is 13.7. The summed E-state index contributed by atoms with van der Waals surface area (Å²) in [6.45, 7) is 0. The molecule has 21 heavy (non-hydrogen) atoms. The van der Waals surface area contributed by atoms with Crippen molar-refractivity contribution >= 4 is 51.9 Å².